The van der Waals surface area contributed by atoms with Gasteiger partial charge in [-0.2, -0.15) is 0 Å². The van der Waals surface area contributed by atoms with Crippen LogP contribution in [-0.4, -0.2) is 85.1 Å². The number of nitrogens with zero attached hydrogens (tertiary/aromatic N) is 6. The predicted octanol–water partition coefficient (Wildman–Crippen LogP) is 6.19. The summed E-state index contributed by atoms with van der Waals surface area (Å²) < 4.78 is 8.88. The Kier molecular flexibility index (Phi) is 9.28. The molecule has 6 rings (SSSR count). The van der Waals surface area contributed by atoms with Crippen LogP contribution in [0.5, 0.6) is 0 Å². The summed E-state index contributed by atoms with van der Waals surface area (Å²) in [6.45, 7) is 10.4. The number of benzene rings is 1. The standard InChI is InChI=1S/C34H42BrClN6O3/c1-22-19-39(21-38-22)13-11-27-6-5-12-41(27)32(43)29-20-40(14-15-42(29)33(44)45-34(2,3)4)31-28-10-9-26(36)17-23(28)7-8-24-16-25(35)18-37-30(24)31/h9-10,16-19,21,27,29,31H,5-8,11-15,20H2,1-4H3/t27-,29-,31?/m1/s1. The van der Waals surface area contributed by atoms with Crippen LogP contribution in [0.4, 0.5) is 4.79 Å². The molecule has 2 fully saturated rings. The van der Waals surface area contributed by atoms with Crippen molar-refractivity contribution in [2.75, 3.05) is 26.2 Å². The molecule has 0 N–H and O–H groups in total. The van der Waals surface area contributed by atoms with Gasteiger partial charge < -0.3 is 14.2 Å². The van der Waals surface area contributed by atoms with Gasteiger partial charge in [-0.15, -0.1) is 0 Å². The summed E-state index contributed by atoms with van der Waals surface area (Å²) in [5, 5.41) is 0.710. The molecule has 45 heavy (non-hydrogen) atoms. The Morgan fingerprint density at radius 1 is 1.07 bits per heavy atom. The summed E-state index contributed by atoms with van der Waals surface area (Å²) in [5.74, 6) is -0.0104. The largest absolute Gasteiger partial charge is 0.444 e. The lowest BCUT2D eigenvalue weighted by atomic mass is 9.95. The van der Waals surface area contributed by atoms with Gasteiger partial charge in [0, 0.05) is 60.7 Å². The molecule has 0 radical (unpaired) electrons. The number of pyridine rings is 1. The van der Waals surface area contributed by atoms with Crippen LogP contribution in [0.25, 0.3) is 0 Å². The molecule has 0 spiro atoms. The first kappa shape index (κ1) is 32.0. The number of carbonyl (C=O) groups is 2. The van der Waals surface area contributed by atoms with Crippen molar-refractivity contribution in [2.24, 2.45) is 0 Å². The third kappa shape index (κ3) is 7.08. The highest BCUT2D eigenvalue weighted by atomic mass is 79.9. The number of hydrogen-bond acceptors (Lipinski definition) is 6. The van der Waals surface area contributed by atoms with Gasteiger partial charge in [0.1, 0.15) is 11.6 Å². The second-order valence-electron chi connectivity index (χ2n) is 13.5. The molecule has 9 nitrogen and oxygen atoms in total. The maximum atomic E-state index is 14.6. The topological polar surface area (TPSA) is 83.8 Å². The highest BCUT2D eigenvalue weighted by Gasteiger charge is 2.44. The molecular formula is C34H42BrClN6O3. The van der Waals surface area contributed by atoms with E-state index >= 15 is 0 Å². The number of aromatic nitrogens is 3. The third-order valence-corrected chi connectivity index (χ3v) is 9.79. The summed E-state index contributed by atoms with van der Waals surface area (Å²) >= 11 is 10.1. The molecule has 3 atom stereocenters. The van der Waals surface area contributed by atoms with Crippen LogP contribution >= 0.6 is 27.5 Å². The van der Waals surface area contributed by atoms with Crippen molar-refractivity contribution in [1.29, 1.82) is 0 Å². The van der Waals surface area contributed by atoms with E-state index in [9.17, 15) is 9.59 Å². The van der Waals surface area contributed by atoms with Gasteiger partial charge in [-0.05, 0) is 111 Å². The summed E-state index contributed by atoms with van der Waals surface area (Å²) in [5.41, 5.74) is 4.82. The van der Waals surface area contributed by atoms with Gasteiger partial charge in [0.05, 0.1) is 23.8 Å². The number of hydrogen-bond donors (Lipinski definition) is 0. The molecule has 240 valence electrons. The first-order valence-corrected chi connectivity index (χ1v) is 17.1. The average Bonchev–Trinajstić information content (AvgIpc) is 3.60. The normalized spacial score (nSPS) is 22.1. The van der Waals surface area contributed by atoms with Crippen LogP contribution in [0.2, 0.25) is 5.02 Å². The van der Waals surface area contributed by atoms with E-state index in [4.69, 9.17) is 21.3 Å². The maximum Gasteiger partial charge on any atom is 0.411 e. The molecule has 3 aromatic rings. The highest BCUT2D eigenvalue weighted by molar-refractivity contribution is 9.10. The Bertz CT molecular complexity index is 1520. The number of rotatable bonds is 5. The molecule has 1 aromatic carbocycles. The van der Waals surface area contributed by atoms with Crippen LogP contribution in [0.3, 0.4) is 0 Å². The number of halogens is 2. The summed E-state index contributed by atoms with van der Waals surface area (Å²) in [7, 11) is 0. The van der Waals surface area contributed by atoms with Crippen molar-refractivity contribution >= 4 is 39.5 Å². The van der Waals surface area contributed by atoms with E-state index in [1.807, 2.05) is 57.4 Å². The SMILES string of the molecule is Cc1cn(CC[C@H]2CCCN2C(=O)[C@H]2CN(C3c4ccc(Cl)cc4CCc4cc(Br)cnc43)CCN2C(=O)OC(C)(C)C)cn1. The molecule has 1 unspecified atom stereocenters. The lowest BCUT2D eigenvalue weighted by Gasteiger charge is -2.45. The Morgan fingerprint density at radius 3 is 2.62 bits per heavy atom. The van der Waals surface area contributed by atoms with Crippen LogP contribution in [-0.2, 0) is 28.9 Å². The summed E-state index contributed by atoms with van der Waals surface area (Å²) in [6, 6.07) is 7.51. The van der Waals surface area contributed by atoms with Gasteiger partial charge in [-0.1, -0.05) is 17.7 Å². The molecule has 11 heteroatoms. The number of piperazine rings is 1. The molecule has 0 saturated carbocycles. The van der Waals surface area contributed by atoms with Gasteiger partial charge >= 0.3 is 6.09 Å². The highest BCUT2D eigenvalue weighted by Crippen LogP contribution is 2.39. The Labute approximate surface area is 279 Å². The smallest absolute Gasteiger partial charge is 0.411 e. The minimum Gasteiger partial charge on any atom is -0.444 e. The zero-order chi connectivity index (χ0) is 31.9. The van der Waals surface area contributed by atoms with Gasteiger partial charge in [-0.25, -0.2) is 9.78 Å². The van der Waals surface area contributed by atoms with E-state index in [-0.39, 0.29) is 18.0 Å². The second-order valence-corrected chi connectivity index (χ2v) is 14.8. The molecule has 2 saturated heterocycles. The minimum atomic E-state index is -0.678. The monoisotopic (exact) mass is 696 g/mol. The van der Waals surface area contributed by atoms with Crippen LogP contribution in [0.1, 0.15) is 74.2 Å². The van der Waals surface area contributed by atoms with E-state index in [1.54, 1.807) is 4.90 Å². The molecule has 3 aliphatic rings. The molecule has 2 aliphatic heterocycles. The Morgan fingerprint density at radius 2 is 1.87 bits per heavy atom. The first-order valence-electron chi connectivity index (χ1n) is 15.9. The fourth-order valence-electron chi connectivity index (χ4n) is 7.08. The fourth-order valence-corrected chi connectivity index (χ4v) is 7.65. The first-order chi connectivity index (χ1) is 21.5. The minimum absolute atomic E-state index is 0.0104. The zero-order valence-electron chi connectivity index (χ0n) is 26.5. The number of ether oxygens (including phenoxy) is 1. The van der Waals surface area contributed by atoms with Crippen molar-refractivity contribution in [1.82, 2.24) is 29.2 Å². The van der Waals surface area contributed by atoms with Crippen LogP contribution in [0, 0.1) is 6.92 Å². The van der Waals surface area contributed by atoms with Crippen LogP contribution in [0.15, 0.2) is 47.5 Å². The van der Waals surface area contributed by atoms with Crippen molar-refractivity contribution in [3.8, 4) is 0 Å². The quantitative estimate of drug-likeness (QED) is 0.316. The van der Waals surface area contributed by atoms with E-state index in [1.165, 1.54) is 11.1 Å². The predicted molar refractivity (Wildman–Crippen MR) is 177 cm³/mol. The lowest BCUT2D eigenvalue weighted by Crippen LogP contribution is -2.62. The molecule has 4 heterocycles. The van der Waals surface area contributed by atoms with E-state index in [2.05, 4.69) is 48.6 Å². The number of imidazole rings is 1. The van der Waals surface area contributed by atoms with E-state index in [0.717, 1.165) is 60.1 Å². The van der Waals surface area contributed by atoms with Crippen molar-refractivity contribution in [3.63, 3.8) is 0 Å². The van der Waals surface area contributed by atoms with E-state index in [0.29, 0.717) is 31.2 Å². The average molecular weight is 698 g/mol. The third-order valence-electron chi connectivity index (χ3n) is 9.12. The lowest BCUT2D eigenvalue weighted by molar-refractivity contribution is -0.140. The number of fused-ring (bicyclic) bond motifs is 2. The number of likely N-dealkylation sites (tertiary alicyclic amines) is 1. The van der Waals surface area contributed by atoms with Gasteiger partial charge in [0.15, 0.2) is 0 Å². The second kappa shape index (κ2) is 13.0. The van der Waals surface area contributed by atoms with Crippen LogP contribution < -0.4 is 0 Å². The molecule has 1 aliphatic carbocycles. The summed E-state index contributed by atoms with van der Waals surface area (Å²) in [6.07, 6.45) is 9.73. The number of carbonyl (C=O) groups excluding carboxylic acids is 2. The zero-order valence-corrected chi connectivity index (χ0v) is 28.9. The van der Waals surface area contributed by atoms with Crippen molar-refractivity contribution in [2.45, 2.75) is 90.1 Å². The van der Waals surface area contributed by atoms with Crippen molar-refractivity contribution in [3.05, 3.63) is 80.6 Å². The maximum absolute atomic E-state index is 14.6. The fraction of sp³-hybridized carbons (Fsp3) is 0.529. The van der Waals surface area contributed by atoms with Gasteiger partial charge in [0.2, 0.25) is 5.91 Å². The molecular weight excluding hydrogens is 656 g/mol. The Balaban J connectivity index is 1.32. The van der Waals surface area contributed by atoms with Crippen molar-refractivity contribution < 1.29 is 14.3 Å². The van der Waals surface area contributed by atoms with E-state index < -0.39 is 17.7 Å². The number of aryl methyl sites for hydroxylation is 4. The number of amides is 2. The van der Waals surface area contributed by atoms with Gasteiger partial charge in [-0.3, -0.25) is 19.6 Å². The Hall–Kier alpha value is -2.95. The summed E-state index contributed by atoms with van der Waals surface area (Å²) in [4.78, 5) is 43.5. The molecule has 2 amide bonds. The molecule has 2 aromatic heterocycles. The molecule has 0 bridgehead atoms. The van der Waals surface area contributed by atoms with Gasteiger partial charge in [0.25, 0.3) is 0 Å².